The summed E-state index contributed by atoms with van der Waals surface area (Å²) in [6.45, 7) is 1.09. The Bertz CT molecular complexity index is 540. The number of rotatable bonds is 5. The molecule has 1 atom stereocenters. The van der Waals surface area contributed by atoms with E-state index in [-0.39, 0.29) is 12.1 Å². The average Bonchev–Trinajstić information content (AvgIpc) is 2.34. The van der Waals surface area contributed by atoms with Crippen molar-refractivity contribution < 1.29 is 19.1 Å². The molecule has 0 radical (unpaired) electrons. The molecule has 0 aromatic heterocycles. The molecule has 0 aliphatic carbocycles. The summed E-state index contributed by atoms with van der Waals surface area (Å²) in [6.07, 6.45) is 0. The molecule has 1 aromatic rings. The minimum absolute atomic E-state index is 0.0620. The van der Waals surface area contributed by atoms with Crippen LogP contribution in [0.25, 0.3) is 0 Å². The van der Waals surface area contributed by atoms with Crippen molar-refractivity contribution in [3.8, 4) is 6.07 Å². The van der Waals surface area contributed by atoms with E-state index in [1.54, 1.807) is 6.07 Å². The van der Waals surface area contributed by atoms with Crippen molar-refractivity contribution in [2.24, 2.45) is 0 Å². The first kappa shape index (κ1) is 14.4. The Kier molecular flexibility index (Phi) is 4.83. The van der Waals surface area contributed by atoms with Gasteiger partial charge in [0.2, 0.25) is 5.91 Å². The molecule has 6 nitrogen and oxygen atoms in total. The molecule has 1 unspecified atom stereocenters. The average molecular weight is 265 g/mol. The van der Waals surface area contributed by atoms with Crippen LogP contribution < -0.4 is 10.6 Å². The highest BCUT2D eigenvalue weighted by molar-refractivity contribution is 5.82. The highest BCUT2D eigenvalue weighted by Crippen LogP contribution is 2.15. The normalized spacial score (nSPS) is 11.2. The van der Waals surface area contributed by atoms with Crippen molar-refractivity contribution in [3.63, 3.8) is 0 Å². The molecule has 100 valence electrons. The number of nitrogens with one attached hydrogen (secondary N) is 2. The Hall–Kier alpha value is -2.62. The minimum atomic E-state index is -1.21. The summed E-state index contributed by atoms with van der Waals surface area (Å²) in [4.78, 5) is 21.7. The zero-order valence-corrected chi connectivity index (χ0v) is 10.1. The standard InChI is InChI=1S/C12H12FN3O3/c1-7(17)16-11(12(18)19)6-15-10-3-2-9(13)4-8(10)5-14/h2-4,11,15H,6H2,1H3,(H,16,17)(H,18,19). The maximum atomic E-state index is 12.9. The fourth-order valence-electron chi connectivity index (χ4n) is 1.42. The largest absolute Gasteiger partial charge is 0.480 e. The molecule has 0 bridgehead atoms. The third-order valence-corrected chi connectivity index (χ3v) is 2.27. The Labute approximate surface area is 108 Å². The molecule has 0 heterocycles. The maximum absolute atomic E-state index is 12.9. The number of carboxylic acid groups (broad SMARTS) is 1. The van der Waals surface area contributed by atoms with Crippen LogP contribution in [0, 0.1) is 17.1 Å². The van der Waals surface area contributed by atoms with Crippen LogP contribution in [0.4, 0.5) is 10.1 Å². The number of amides is 1. The van der Waals surface area contributed by atoms with Crippen LogP contribution in [0.15, 0.2) is 18.2 Å². The lowest BCUT2D eigenvalue weighted by molar-refractivity contribution is -0.141. The third-order valence-electron chi connectivity index (χ3n) is 2.27. The number of aliphatic carboxylic acids is 1. The molecule has 1 rings (SSSR count). The number of carbonyl (C=O) groups is 2. The summed E-state index contributed by atoms with van der Waals surface area (Å²) in [5.41, 5.74) is 0.368. The summed E-state index contributed by atoms with van der Waals surface area (Å²) < 4.78 is 12.9. The van der Waals surface area contributed by atoms with E-state index in [2.05, 4.69) is 10.6 Å². The molecule has 0 spiro atoms. The maximum Gasteiger partial charge on any atom is 0.328 e. The minimum Gasteiger partial charge on any atom is -0.480 e. The van der Waals surface area contributed by atoms with E-state index in [1.165, 1.54) is 13.0 Å². The highest BCUT2D eigenvalue weighted by atomic mass is 19.1. The molecular weight excluding hydrogens is 253 g/mol. The molecule has 0 aliphatic rings. The summed E-state index contributed by atoms with van der Waals surface area (Å²) >= 11 is 0. The highest BCUT2D eigenvalue weighted by Gasteiger charge is 2.18. The van der Waals surface area contributed by atoms with Gasteiger partial charge >= 0.3 is 5.97 Å². The van der Waals surface area contributed by atoms with Gasteiger partial charge in [-0.1, -0.05) is 0 Å². The first-order valence-electron chi connectivity index (χ1n) is 5.37. The van der Waals surface area contributed by atoms with E-state index in [4.69, 9.17) is 10.4 Å². The van der Waals surface area contributed by atoms with Gasteiger partial charge in [0.1, 0.15) is 17.9 Å². The third kappa shape index (κ3) is 4.27. The molecule has 1 amide bonds. The number of nitrogens with zero attached hydrogens (tertiary/aromatic N) is 1. The lowest BCUT2D eigenvalue weighted by atomic mass is 10.2. The lowest BCUT2D eigenvalue weighted by Gasteiger charge is -2.15. The second-order valence-corrected chi connectivity index (χ2v) is 3.77. The Balaban J connectivity index is 2.77. The fourth-order valence-corrected chi connectivity index (χ4v) is 1.42. The van der Waals surface area contributed by atoms with E-state index in [0.29, 0.717) is 5.69 Å². The van der Waals surface area contributed by atoms with Gasteiger partial charge in [0.25, 0.3) is 0 Å². The van der Waals surface area contributed by atoms with Crippen molar-refractivity contribution >= 4 is 17.6 Å². The van der Waals surface area contributed by atoms with Gasteiger partial charge in [-0.3, -0.25) is 4.79 Å². The van der Waals surface area contributed by atoms with Gasteiger partial charge in [-0.25, -0.2) is 9.18 Å². The van der Waals surface area contributed by atoms with Crippen molar-refractivity contribution in [2.45, 2.75) is 13.0 Å². The number of benzene rings is 1. The van der Waals surface area contributed by atoms with E-state index in [9.17, 15) is 14.0 Å². The number of nitriles is 1. The molecule has 0 saturated carbocycles. The number of anilines is 1. The molecule has 0 aliphatic heterocycles. The van der Waals surface area contributed by atoms with Gasteiger partial charge in [0, 0.05) is 13.5 Å². The van der Waals surface area contributed by atoms with Gasteiger partial charge in [0.05, 0.1) is 11.3 Å². The number of halogens is 1. The van der Waals surface area contributed by atoms with Gasteiger partial charge in [0.15, 0.2) is 0 Å². The van der Waals surface area contributed by atoms with Crippen LogP contribution in [0.3, 0.4) is 0 Å². The summed E-state index contributed by atoms with van der Waals surface area (Å²) in [5, 5.41) is 22.6. The van der Waals surface area contributed by atoms with E-state index in [0.717, 1.165) is 12.1 Å². The van der Waals surface area contributed by atoms with E-state index < -0.39 is 23.7 Å². The van der Waals surface area contributed by atoms with Gasteiger partial charge in [-0.05, 0) is 18.2 Å². The quantitative estimate of drug-likeness (QED) is 0.727. The molecule has 19 heavy (non-hydrogen) atoms. The van der Waals surface area contributed by atoms with Crippen LogP contribution in [-0.2, 0) is 9.59 Å². The Morgan fingerprint density at radius 1 is 1.53 bits per heavy atom. The van der Waals surface area contributed by atoms with E-state index >= 15 is 0 Å². The molecular formula is C12H12FN3O3. The van der Waals surface area contributed by atoms with Crippen molar-refractivity contribution in [3.05, 3.63) is 29.6 Å². The number of carboxylic acids is 1. The fraction of sp³-hybridized carbons (Fsp3) is 0.250. The lowest BCUT2D eigenvalue weighted by Crippen LogP contribution is -2.44. The van der Waals surface area contributed by atoms with Gasteiger partial charge in [-0.2, -0.15) is 5.26 Å². The molecule has 3 N–H and O–H groups in total. The van der Waals surface area contributed by atoms with Crippen molar-refractivity contribution in [1.29, 1.82) is 5.26 Å². The van der Waals surface area contributed by atoms with Crippen molar-refractivity contribution in [2.75, 3.05) is 11.9 Å². The Morgan fingerprint density at radius 2 is 2.21 bits per heavy atom. The number of hydrogen-bond donors (Lipinski definition) is 3. The summed E-state index contributed by atoms with van der Waals surface area (Å²) in [7, 11) is 0. The van der Waals surface area contributed by atoms with Crippen LogP contribution in [0.2, 0.25) is 0 Å². The first-order chi connectivity index (χ1) is 8.93. The van der Waals surface area contributed by atoms with Crippen LogP contribution in [-0.4, -0.2) is 29.6 Å². The number of hydrogen-bond acceptors (Lipinski definition) is 4. The molecule has 7 heteroatoms. The monoisotopic (exact) mass is 265 g/mol. The van der Waals surface area contributed by atoms with Crippen molar-refractivity contribution in [1.82, 2.24) is 5.32 Å². The predicted molar refractivity (Wildman–Crippen MR) is 64.8 cm³/mol. The Morgan fingerprint density at radius 3 is 2.74 bits per heavy atom. The molecule has 0 fully saturated rings. The smallest absolute Gasteiger partial charge is 0.328 e. The number of carbonyl (C=O) groups excluding carboxylic acids is 1. The van der Waals surface area contributed by atoms with E-state index in [1.807, 2.05) is 0 Å². The zero-order chi connectivity index (χ0) is 14.4. The topological polar surface area (TPSA) is 102 Å². The van der Waals surface area contributed by atoms with Crippen LogP contribution >= 0.6 is 0 Å². The molecule has 0 saturated heterocycles. The second kappa shape index (κ2) is 6.35. The zero-order valence-electron chi connectivity index (χ0n) is 10.1. The SMILES string of the molecule is CC(=O)NC(CNc1ccc(F)cc1C#N)C(=O)O. The van der Waals surface area contributed by atoms with Gasteiger partial charge < -0.3 is 15.7 Å². The predicted octanol–water partition coefficient (Wildman–Crippen LogP) is 0.699. The van der Waals surface area contributed by atoms with Crippen LogP contribution in [0.1, 0.15) is 12.5 Å². The van der Waals surface area contributed by atoms with Crippen LogP contribution in [0.5, 0.6) is 0 Å². The molecule has 1 aromatic carbocycles. The van der Waals surface area contributed by atoms with Gasteiger partial charge in [-0.15, -0.1) is 0 Å². The summed E-state index contributed by atoms with van der Waals surface area (Å²) in [6, 6.07) is 4.18. The second-order valence-electron chi connectivity index (χ2n) is 3.77. The summed E-state index contributed by atoms with van der Waals surface area (Å²) in [5.74, 6) is -2.24. The first-order valence-corrected chi connectivity index (χ1v) is 5.37.